The largest absolute Gasteiger partial charge is 0.497 e. The van der Waals surface area contributed by atoms with Crippen LogP contribution in [0.1, 0.15) is 24.9 Å². The Labute approximate surface area is 116 Å². The van der Waals surface area contributed by atoms with Gasteiger partial charge in [-0.05, 0) is 37.6 Å². The summed E-state index contributed by atoms with van der Waals surface area (Å²) in [7, 11) is 3.37. The highest BCUT2D eigenvalue weighted by molar-refractivity contribution is 5.30. The zero-order valence-electron chi connectivity index (χ0n) is 12.1. The van der Waals surface area contributed by atoms with E-state index in [2.05, 4.69) is 24.4 Å². The Balaban J connectivity index is 2.18. The third-order valence-electron chi connectivity index (χ3n) is 2.94. The molecule has 0 unspecified atom stereocenters. The fraction of sp³-hybridized carbons (Fsp3) is 0.600. The van der Waals surface area contributed by atoms with Gasteiger partial charge in [-0.1, -0.05) is 12.1 Å². The topological polar surface area (TPSA) is 39.7 Å². The van der Waals surface area contributed by atoms with Crippen LogP contribution in [0.2, 0.25) is 0 Å². The van der Waals surface area contributed by atoms with E-state index in [1.54, 1.807) is 14.2 Å². The van der Waals surface area contributed by atoms with Gasteiger partial charge in [0.25, 0.3) is 0 Å². The first kappa shape index (κ1) is 16.0. The lowest BCUT2D eigenvalue weighted by Crippen LogP contribution is -2.21. The average molecular weight is 267 g/mol. The van der Waals surface area contributed by atoms with Crippen molar-refractivity contribution in [1.29, 1.82) is 0 Å². The summed E-state index contributed by atoms with van der Waals surface area (Å²) in [5.74, 6) is 0.897. The van der Waals surface area contributed by atoms with Crippen LogP contribution in [-0.4, -0.2) is 40.6 Å². The average Bonchev–Trinajstić information content (AvgIpc) is 2.46. The standard InChI is InChI=1S/C15H25NO3/c1-13(14-6-4-7-15(12-14)18-3)16-8-5-9-19-11-10-17-2/h4,6-7,12-13,16H,5,8-11H2,1-3H3/t13-/m1/s1. The molecule has 0 saturated carbocycles. The van der Waals surface area contributed by atoms with Crippen molar-refractivity contribution in [2.75, 3.05) is 40.6 Å². The van der Waals surface area contributed by atoms with Crippen molar-refractivity contribution in [1.82, 2.24) is 5.32 Å². The van der Waals surface area contributed by atoms with E-state index >= 15 is 0 Å². The molecule has 0 spiro atoms. The van der Waals surface area contributed by atoms with Crippen LogP contribution in [0.15, 0.2) is 24.3 Å². The van der Waals surface area contributed by atoms with Gasteiger partial charge in [-0.15, -0.1) is 0 Å². The fourth-order valence-electron chi connectivity index (χ4n) is 1.77. The molecule has 1 aromatic rings. The van der Waals surface area contributed by atoms with Crippen molar-refractivity contribution >= 4 is 0 Å². The minimum absolute atomic E-state index is 0.314. The summed E-state index contributed by atoms with van der Waals surface area (Å²) in [4.78, 5) is 0. The molecule has 1 rings (SSSR count). The van der Waals surface area contributed by atoms with Gasteiger partial charge < -0.3 is 19.5 Å². The smallest absolute Gasteiger partial charge is 0.119 e. The zero-order valence-corrected chi connectivity index (χ0v) is 12.1. The molecule has 0 fully saturated rings. The Kier molecular flexibility index (Phi) is 8.21. The molecular weight excluding hydrogens is 242 g/mol. The molecule has 0 amide bonds. The third-order valence-corrected chi connectivity index (χ3v) is 2.94. The molecule has 108 valence electrons. The molecule has 4 heteroatoms. The Bertz CT molecular complexity index is 344. The molecule has 1 aromatic carbocycles. The third kappa shape index (κ3) is 6.57. The first-order valence-corrected chi connectivity index (χ1v) is 6.72. The number of ether oxygens (including phenoxy) is 3. The van der Waals surface area contributed by atoms with Gasteiger partial charge in [0.2, 0.25) is 0 Å². The fourth-order valence-corrected chi connectivity index (χ4v) is 1.77. The Morgan fingerprint density at radius 3 is 2.74 bits per heavy atom. The van der Waals surface area contributed by atoms with Crippen LogP contribution in [0.3, 0.4) is 0 Å². The van der Waals surface area contributed by atoms with Gasteiger partial charge >= 0.3 is 0 Å². The van der Waals surface area contributed by atoms with E-state index < -0.39 is 0 Å². The van der Waals surface area contributed by atoms with Crippen LogP contribution in [-0.2, 0) is 9.47 Å². The lowest BCUT2D eigenvalue weighted by Gasteiger charge is -2.15. The second kappa shape index (κ2) is 9.78. The summed E-state index contributed by atoms with van der Waals surface area (Å²) in [6.45, 7) is 5.18. The predicted octanol–water partition coefficient (Wildman–Crippen LogP) is 2.40. The van der Waals surface area contributed by atoms with Crippen molar-refractivity contribution < 1.29 is 14.2 Å². The highest BCUT2D eigenvalue weighted by Gasteiger charge is 2.05. The van der Waals surface area contributed by atoms with Crippen LogP contribution in [0, 0.1) is 0 Å². The van der Waals surface area contributed by atoms with Crippen LogP contribution < -0.4 is 10.1 Å². The van der Waals surface area contributed by atoms with E-state index in [0.29, 0.717) is 19.3 Å². The Morgan fingerprint density at radius 1 is 1.16 bits per heavy atom. The SMILES string of the molecule is COCCOCCCN[C@H](C)c1cccc(OC)c1. The molecule has 0 aliphatic rings. The van der Waals surface area contributed by atoms with Crippen LogP contribution >= 0.6 is 0 Å². The molecule has 0 aliphatic heterocycles. The number of rotatable bonds is 10. The van der Waals surface area contributed by atoms with Crippen molar-refractivity contribution in [2.45, 2.75) is 19.4 Å². The number of benzene rings is 1. The summed E-state index contributed by atoms with van der Waals surface area (Å²) in [5.41, 5.74) is 1.24. The number of hydrogen-bond donors (Lipinski definition) is 1. The molecule has 1 atom stereocenters. The normalized spacial score (nSPS) is 12.4. The maximum Gasteiger partial charge on any atom is 0.119 e. The summed E-state index contributed by atoms with van der Waals surface area (Å²) in [5, 5.41) is 3.47. The maximum absolute atomic E-state index is 5.41. The number of hydrogen-bond acceptors (Lipinski definition) is 4. The van der Waals surface area contributed by atoms with Crippen LogP contribution in [0.4, 0.5) is 0 Å². The van der Waals surface area contributed by atoms with Gasteiger partial charge in [-0.25, -0.2) is 0 Å². The highest BCUT2D eigenvalue weighted by atomic mass is 16.5. The van der Waals surface area contributed by atoms with Gasteiger partial charge in [-0.3, -0.25) is 0 Å². The van der Waals surface area contributed by atoms with Crippen LogP contribution in [0.5, 0.6) is 5.75 Å². The van der Waals surface area contributed by atoms with E-state index in [0.717, 1.165) is 25.3 Å². The molecule has 1 N–H and O–H groups in total. The van der Waals surface area contributed by atoms with Gasteiger partial charge in [0.15, 0.2) is 0 Å². The van der Waals surface area contributed by atoms with Gasteiger partial charge in [0.1, 0.15) is 5.75 Å². The molecule has 0 bridgehead atoms. The molecule has 0 heterocycles. The number of nitrogens with one attached hydrogen (secondary N) is 1. The van der Waals surface area contributed by atoms with Crippen LogP contribution in [0.25, 0.3) is 0 Å². The molecule has 4 nitrogen and oxygen atoms in total. The zero-order chi connectivity index (χ0) is 13.9. The molecule has 0 saturated heterocycles. The summed E-state index contributed by atoms with van der Waals surface area (Å²) < 4.78 is 15.6. The highest BCUT2D eigenvalue weighted by Crippen LogP contribution is 2.18. The second-order valence-corrected chi connectivity index (χ2v) is 4.41. The van der Waals surface area contributed by atoms with Crippen molar-refractivity contribution in [3.63, 3.8) is 0 Å². The summed E-state index contributed by atoms with van der Waals surface area (Å²) >= 11 is 0. The van der Waals surface area contributed by atoms with E-state index in [9.17, 15) is 0 Å². The van der Waals surface area contributed by atoms with E-state index in [-0.39, 0.29) is 0 Å². The molecule has 19 heavy (non-hydrogen) atoms. The Morgan fingerprint density at radius 2 is 2.00 bits per heavy atom. The van der Waals surface area contributed by atoms with Crippen molar-refractivity contribution in [3.05, 3.63) is 29.8 Å². The first-order chi connectivity index (χ1) is 9.27. The monoisotopic (exact) mass is 267 g/mol. The van der Waals surface area contributed by atoms with Gasteiger partial charge in [0.05, 0.1) is 20.3 Å². The summed E-state index contributed by atoms with van der Waals surface area (Å²) in [6.07, 6.45) is 0.998. The van der Waals surface area contributed by atoms with E-state index in [1.165, 1.54) is 5.56 Å². The van der Waals surface area contributed by atoms with Gasteiger partial charge in [0, 0.05) is 19.8 Å². The van der Waals surface area contributed by atoms with E-state index in [4.69, 9.17) is 14.2 Å². The minimum atomic E-state index is 0.314. The number of methoxy groups -OCH3 is 2. The predicted molar refractivity (Wildman–Crippen MR) is 76.7 cm³/mol. The van der Waals surface area contributed by atoms with Crippen molar-refractivity contribution in [3.8, 4) is 5.75 Å². The lowest BCUT2D eigenvalue weighted by atomic mass is 10.1. The molecular formula is C15H25NO3. The molecule has 0 radical (unpaired) electrons. The van der Waals surface area contributed by atoms with Gasteiger partial charge in [-0.2, -0.15) is 0 Å². The van der Waals surface area contributed by atoms with E-state index in [1.807, 2.05) is 12.1 Å². The molecule has 0 aliphatic carbocycles. The first-order valence-electron chi connectivity index (χ1n) is 6.72. The quantitative estimate of drug-likeness (QED) is 0.661. The van der Waals surface area contributed by atoms with Crippen molar-refractivity contribution in [2.24, 2.45) is 0 Å². The minimum Gasteiger partial charge on any atom is -0.497 e. The second-order valence-electron chi connectivity index (χ2n) is 4.41. The molecule has 0 aromatic heterocycles. The summed E-state index contributed by atoms with van der Waals surface area (Å²) in [6, 6.07) is 8.45. The maximum atomic E-state index is 5.41. The lowest BCUT2D eigenvalue weighted by molar-refractivity contribution is 0.0693. The Hall–Kier alpha value is -1.10.